The van der Waals surface area contributed by atoms with Crippen molar-refractivity contribution in [2.75, 3.05) is 0 Å². The quantitative estimate of drug-likeness (QED) is 0.795. The van der Waals surface area contributed by atoms with Crippen molar-refractivity contribution < 1.29 is 14.0 Å². The highest BCUT2D eigenvalue weighted by Gasteiger charge is 2.21. The van der Waals surface area contributed by atoms with Crippen molar-refractivity contribution in [2.24, 2.45) is 5.92 Å². The molecular weight excluding hydrogens is 351 g/mol. The molecule has 4 nitrogen and oxygen atoms in total. The van der Waals surface area contributed by atoms with E-state index in [1.54, 1.807) is 0 Å². The Morgan fingerprint density at radius 1 is 1.25 bits per heavy atom. The van der Waals surface area contributed by atoms with E-state index in [1.807, 2.05) is 6.07 Å². The largest absolute Gasteiger partial charge is 0.279 e. The third kappa shape index (κ3) is 3.60. The van der Waals surface area contributed by atoms with E-state index < -0.39 is 17.6 Å². The Balaban J connectivity index is 1.65. The van der Waals surface area contributed by atoms with Gasteiger partial charge >= 0.3 is 0 Å². The second kappa shape index (κ2) is 6.91. The van der Waals surface area contributed by atoms with Gasteiger partial charge in [-0.3, -0.25) is 20.4 Å². The number of halogens is 2. The minimum Gasteiger partial charge on any atom is -0.267 e. The van der Waals surface area contributed by atoms with Gasteiger partial charge < -0.3 is 0 Å². The third-order valence-electron chi connectivity index (χ3n) is 4.02. The molecule has 0 bridgehead atoms. The predicted octanol–water partition coefficient (Wildman–Crippen LogP) is 3.74. The van der Waals surface area contributed by atoms with Crippen LogP contribution in [0.3, 0.4) is 0 Å². The van der Waals surface area contributed by atoms with E-state index in [4.69, 9.17) is 11.6 Å². The molecule has 2 aromatic rings. The van der Waals surface area contributed by atoms with Gasteiger partial charge in [-0.1, -0.05) is 18.5 Å². The average Bonchev–Trinajstić information content (AvgIpc) is 2.97. The fourth-order valence-corrected chi connectivity index (χ4v) is 4.01. The number of benzene rings is 1. The van der Waals surface area contributed by atoms with E-state index in [0.29, 0.717) is 10.8 Å². The summed E-state index contributed by atoms with van der Waals surface area (Å²) in [6.45, 7) is 2.19. The first-order chi connectivity index (χ1) is 11.4. The van der Waals surface area contributed by atoms with Crippen LogP contribution in [-0.4, -0.2) is 11.8 Å². The number of aryl methyl sites for hydroxylation is 1. The predicted molar refractivity (Wildman–Crippen MR) is 91.9 cm³/mol. The smallest absolute Gasteiger partial charge is 0.267 e. The highest BCUT2D eigenvalue weighted by Crippen LogP contribution is 2.32. The molecule has 2 N–H and O–H groups in total. The van der Waals surface area contributed by atoms with Crippen molar-refractivity contribution in [3.63, 3.8) is 0 Å². The first kappa shape index (κ1) is 16.9. The van der Waals surface area contributed by atoms with Gasteiger partial charge in [0, 0.05) is 9.90 Å². The minimum atomic E-state index is -0.752. The molecule has 24 heavy (non-hydrogen) atoms. The summed E-state index contributed by atoms with van der Waals surface area (Å²) in [5.41, 5.74) is 5.53. The highest BCUT2D eigenvalue weighted by molar-refractivity contribution is 7.14. The molecule has 126 valence electrons. The molecule has 0 unspecified atom stereocenters. The molecule has 0 saturated heterocycles. The van der Waals surface area contributed by atoms with Gasteiger partial charge in [-0.15, -0.1) is 11.3 Å². The summed E-state index contributed by atoms with van der Waals surface area (Å²) in [6, 6.07) is 5.54. The van der Waals surface area contributed by atoms with Gasteiger partial charge in [0.1, 0.15) is 5.82 Å². The molecule has 3 rings (SSSR count). The van der Waals surface area contributed by atoms with Gasteiger partial charge in [-0.05, 0) is 55.0 Å². The molecule has 1 aliphatic carbocycles. The molecule has 1 aliphatic rings. The van der Waals surface area contributed by atoms with Crippen LogP contribution in [0, 0.1) is 11.7 Å². The van der Waals surface area contributed by atoms with Crippen LogP contribution in [0.2, 0.25) is 5.02 Å². The molecule has 0 saturated carbocycles. The molecule has 0 aliphatic heterocycles. The number of hydrogen-bond donors (Lipinski definition) is 2. The van der Waals surface area contributed by atoms with Gasteiger partial charge in [0.25, 0.3) is 11.8 Å². The number of carbonyl (C=O) groups excluding carboxylic acids is 2. The van der Waals surface area contributed by atoms with Crippen molar-refractivity contribution in [1.82, 2.24) is 10.9 Å². The Bertz CT molecular complexity index is 806. The maximum atomic E-state index is 13.6. The van der Waals surface area contributed by atoms with Crippen molar-refractivity contribution in [3.05, 3.63) is 56.0 Å². The SMILES string of the molecule is C[C@@H]1CCc2sc(C(=O)NNC(=O)c3cc(Cl)ccc3F)cc2C1. The lowest BCUT2D eigenvalue weighted by atomic mass is 9.90. The number of rotatable bonds is 2. The summed E-state index contributed by atoms with van der Waals surface area (Å²) in [6.07, 6.45) is 3.08. The maximum Gasteiger partial charge on any atom is 0.279 e. The Labute approximate surface area is 148 Å². The molecule has 1 aromatic heterocycles. The van der Waals surface area contributed by atoms with E-state index in [-0.39, 0.29) is 10.6 Å². The summed E-state index contributed by atoms with van der Waals surface area (Å²) in [4.78, 5) is 25.9. The normalized spacial score (nSPS) is 16.4. The second-order valence-corrected chi connectivity index (χ2v) is 7.51. The van der Waals surface area contributed by atoms with Crippen LogP contribution in [0.4, 0.5) is 4.39 Å². The number of carbonyl (C=O) groups is 2. The number of hydrogen-bond acceptors (Lipinski definition) is 3. The van der Waals surface area contributed by atoms with Crippen LogP contribution in [0.25, 0.3) is 0 Å². The Morgan fingerprint density at radius 2 is 2.00 bits per heavy atom. The molecule has 0 fully saturated rings. The Kier molecular flexibility index (Phi) is 4.87. The first-order valence-electron chi connectivity index (χ1n) is 7.61. The van der Waals surface area contributed by atoms with Gasteiger partial charge in [-0.2, -0.15) is 0 Å². The van der Waals surface area contributed by atoms with E-state index in [0.717, 1.165) is 25.3 Å². The standard InChI is InChI=1S/C17H16ClFN2O2S/c1-9-2-5-14-10(6-9)7-15(24-14)17(23)21-20-16(22)12-8-11(18)3-4-13(12)19/h3-4,7-9H,2,5-6H2,1H3,(H,20,22)(H,21,23)/t9-/m1/s1. The fraction of sp³-hybridized carbons (Fsp3) is 0.294. The Morgan fingerprint density at radius 3 is 2.79 bits per heavy atom. The van der Waals surface area contributed by atoms with E-state index in [2.05, 4.69) is 17.8 Å². The van der Waals surface area contributed by atoms with Gasteiger partial charge in [0.15, 0.2) is 0 Å². The van der Waals surface area contributed by atoms with Crippen molar-refractivity contribution in [2.45, 2.75) is 26.2 Å². The van der Waals surface area contributed by atoms with Crippen LogP contribution >= 0.6 is 22.9 Å². The van der Waals surface area contributed by atoms with Crippen LogP contribution in [-0.2, 0) is 12.8 Å². The zero-order chi connectivity index (χ0) is 17.3. The van der Waals surface area contributed by atoms with Crippen LogP contribution in [0.1, 0.15) is 43.8 Å². The second-order valence-electron chi connectivity index (χ2n) is 5.94. The molecule has 1 atom stereocenters. The zero-order valence-corrected chi connectivity index (χ0v) is 14.6. The van der Waals surface area contributed by atoms with Crippen molar-refractivity contribution >= 4 is 34.8 Å². The van der Waals surface area contributed by atoms with Crippen LogP contribution in [0.15, 0.2) is 24.3 Å². The lowest BCUT2D eigenvalue weighted by Gasteiger charge is -2.16. The fourth-order valence-electron chi connectivity index (χ4n) is 2.73. The monoisotopic (exact) mass is 366 g/mol. The van der Waals surface area contributed by atoms with E-state index in [9.17, 15) is 14.0 Å². The molecule has 1 heterocycles. The number of amides is 2. The number of fused-ring (bicyclic) bond motifs is 1. The van der Waals surface area contributed by atoms with Crippen molar-refractivity contribution in [1.29, 1.82) is 0 Å². The maximum absolute atomic E-state index is 13.6. The summed E-state index contributed by atoms with van der Waals surface area (Å²) in [5.74, 6) is -1.24. The Hall–Kier alpha value is -1.92. The molecule has 0 radical (unpaired) electrons. The van der Waals surface area contributed by atoms with Gasteiger partial charge in [0.2, 0.25) is 0 Å². The highest BCUT2D eigenvalue weighted by atomic mass is 35.5. The molecule has 7 heteroatoms. The topological polar surface area (TPSA) is 58.2 Å². The van der Waals surface area contributed by atoms with Crippen LogP contribution in [0.5, 0.6) is 0 Å². The molecule has 0 spiro atoms. The summed E-state index contributed by atoms with van der Waals surface area (Å²) in [5, 5.41) is 0.243. The molecule has 2 amide bonds. The van der Waals surface area contributed by atoms with Crippen LogP contribution < -0.4 is 10.9 Å². The summed E-state index contributed by atoms with van der Waals surface area (Å²) < 4.78 is 13.6. The minimum absolute atomic E-state index is 0.220. The first-order valence-corrected chi connectivity index (χ1v) is 8.81. The number of thiophene rings is 1. The lowest BCUT2D eigenvalue weighted by molar-refractivity contribution is 0.0846. The molecule has 1 aromatic carbocycles. The molecular formula is C17H16ClFN2O2S. The number of nitrogens with one attached hydrogen (secondary N) is 2. The van der Waals surface area contributed by atoms with Gasteiger partial charge in [0.05, 0.1) is 10.4 Å². The van der Waals surface area contributed by atoms with E-state index in [1.165, 1.54) is 33.9 Å². The number of hydrazine groups is 1. The van der Waals surface area contributed by atoms with Gasteiger partial charge in [-0.25, -0.2) is 4.39 Å². The average molecular weight is 367 g/mol. The lowest BCUT2D eigenvalue weighted by Crippen LogP contribution is -2.41. The summed E-state index contributed by atoms with van der Waals surface area (Å²) in [7, 11) is 0. The third-order valence-corrected chi connectivity index (χ3v) is 5.49. The summed E-state index contributed by atoms with van der Waals surface area (Å²) >= 11 is 7.20. The zero-order valence-electron chi connectivity index (χ0n) is 13.0. The van der Waals surface area contributed by atoms with E-state index >= 15 is 0 Å². The van der Waals surface area contributed by atoms with Crippen molar-refractivity contribution in [3.8, 4) is 0 Å².